The summed E-state index contributed by atoms with van der Waals surface area (Å²) in [7, 11) is 0. The van der Waals surface area contributed by atoms with Crippen molar-refractivity contribution in [2.45, 2.75) is 49.4 Å². The van der Waals surface area contributed by atoms with E-state index in [9.17, 15) is 5.11 Å². The molecule has 1 rings (SSSR count). The number of aliphatic hydroxyl groups excluding tert-OH is 1. The zero-order chi connectivity index (χ0) is 13.4. The minimum absolute atomic E-state index is 0.154. The van der Waals surface area contributed by atoms with Crippen molar-refractivity contribution in [3.05, 3.63) is 18.6 Å². The Hall–Kier alpha value is -0.650. The molecule has 2 N–H and O–H groups in total. The van der Waals surface area contributed by atoms with Gasteiger partial charge >= 0.3 is 0 Å². The van der Waals surface area contributed by atoms with E-state index in [1.165, 1.54) is 0 Å². The summed E-state index contributed by atoms with van der Waals surface area (Å²) in [6.45, 7) is 7.45. The molecule has 4 nitrogen and oxygen atoms in total. The summed E-state index contributed by atoms with van der Waals surface area (Å²) in [5, 5.41) is 14.3. The fourth-order valence-corrected chi connectivity index (χ4v) is 2.96. The fourth-order valence-electron chi connectivity index (χ4n) is 1.85. The molecule has 0 aliphatic rings. The van der Waals surface area contributed by atoms with Crippen LogP contribution in [0.3, 0.4) is 0 Å². The summed E-state index contributed by atoms with van der Waals surface area (Å²) >= 11 is 1.72. The van der Waals surface area contributed by atoms with E-state index in [-0.39, 0.29) is 12.1 Å². The zero-order valence-electron chi connectivity index (χ0n) is 11.4. The summed E-state index contributed by atoms with van der Waals surface area (Å²) in [5.41, 5.74) is -0.213. The molecule has 0 saturated heterocycles. The van der Waals surface area contributed by atoms with Gasteiger partial charge in [-0.25, -0.2) is 9.97 Å². The number of aromatic nitrogens is 2. The number of nitrogens with one attached hydrogen (secondary N) is 1. The predicted octanol–water partition coefficient (Wildman–Crippen LogP) is 2.10. The molecule has 102 valence electrons. The zero-order valence-corrected chi connectivity index (χ0v) is 12.2. The number of hydrogen-bond acceptors (Lipinski definition) is 5. The highest BCUT2D eigenvalue weighted by molar-refractivity contribution is 7.99. The SMILES string of the molecule is CCCNC(C)(CO)CC(C)Sc1ccncn1. The first-order valence-corrected chi connectivity index (χ1v) is 7.26. The lowest BCUT2D eigenvalue weighted by molar-refractivity contribution is 0.166. The minimum atomic E-state index is -0.213. The van der Waals surface area contributed by atoms with Gasteiger partial charge in [-0.15, -0.1) is 11.8 Å². The van der Waals surface area contributed by atoms with Gasteiger partial charge in [-0.3, -0.25) is 0 Å². The molecule has 2 unspecified atom stereocenters. The first-order chi connectivity index (χ1) is 8.59. The van der Waals surface area contributed by atoms with Gasteiger partial charge in [-0.2, -0.15) is 0 Å². The molecule has 18 heavy (non-hydrogen) atoms. The predicted molar refractivity (Wildman–Crippen MR) is 75.8 cm³/mol. The Morgan fingerprint density at radius 2 is 2.33 bits per heavy atom. The standard InChI is InChI=1S/C13H23N3OS/c1-4-6-16-13(3,9-17)8-11(2)18-12-5-7-14-10-15-12/h5,7,10-11,16-17H,4,6,8-9H2,1-3H3. The lowest BCUT2D eigenvalue weighted by Crippen LogP contribution is -2.47. The first kappa shape index (κ1) is 15.4. The molecule has 2 atom stereocenters. The van der Waals surface area contributed by atoms with Crippen LogP contribution < -0.4 is 5.32 Å². The number of hydrogen-bond donors (Lipinski definition) is 2. The highest BCUT2D eigenvalue weighted by Gasteiger charge is 2.25. The highest BCUT2D eigenvalue weighted by Crippen LogP contribution is 2.26. The first-order valence-electron chi connectivity index (χ1n) is 6.38. The molecule has 0 saturated carbocycles. The molecule has 5 heteroatoms. The third kappa shape index (κ3) is 5.33. The Balaban J connectivity index is 2.49. The Morgan fingerprint density at radius 1 is 1.56 bits per heavy atom. The van der Waals surface area contributed by atoms with Crippen molar-refractivity contribution in [2.24, 2.45) is 0 Å². The maximum atomic E-state index is 9.53. The Morgan fingerprint density at radius 3 is 2.89 bits per heavy atom. The van der Waals surface area contributed by atoms with Gasteiger partial charge in [0, 0.05) is 17.0 Å². The highest BCUT2D eigenvalue weighted by atomic mass is 32.2. The van der Waals surface area contributed by atoms with E-state index in [4.69, 9.17) is 0 Å². The van der Waals surface area contributed by atoms with E-state index in [1.807, 2.05) is 6.07 Å². The average Bonchev–Trinajstić information content (AvgIpc) is 2.37. The number of rotatable bonds is 8. The molecule has 0 radical (unpaired) electrons. The van der Waals surface area contributed by atoms with E-state index < -0.39 is 0 Å². The molecule has 1 aromatic rings. The Kier molecular flexibility index (Phi) is 6.60. The van der Waals surface area contributed by atoms with Gasteiger partial charge in [-0.05, 0) is 32.4 Å². The maximum Gasteiger partial charge on any atom is 0.116 e. The molecule has 0 aromatic carbocycles. The molecule has 0 spiro atoms. The van der Waals surface area contributed by atoms with Crippen LogP contribution >= 0.6 is 11.8 Å². The summed E-state index contributed by atoms with van der Waals surface area (Å²) in [6.07, 6.45) is 5.29. The van der Waals surface area contributed by atoms with Crippen LogP contribution in [0, 0.1) is 0 Å². The largest absolute Gasteiger partial charge is 0.394 e. The van der Waals surface area contributed by atoms with Gasteiger partial charge in [0.05, 0.1) is 11.6 Å². The normalized spacial score (nSPS) is 16.2. The van der Waals surface area contributed by atoms with Crippen molar-refractivity contribution in [3.63, 3.8) is 0 Å². The number of aliphatic hydroxyl groups is 1. The van der Waals surface area contributed by atoms with Crippen LogP contribution in [0.2, 0.25) is 0 Å². The smallest absolute Gasteiger partial charge is 0.116 e. The summed E-state index contributed by atoms with van der Waals surface area (Å²) in [5.74, 6) is 0. The molecular weight excluding hydrogens is 246 g/mol. The van der Waals surface area contributed by atoms with E-state index in [0.717, 1.165) is 24.4 Å². The number of nitrogens with zero attached hydrogens (tertiary/aromatic N) is 2. The van der Waals surface area contributed by atoms with E-state index >= 15 is 0 Å². The molecule has 0 aliphatic heterocycles. The van der Waals surface area contributed by atoms with Gasteiger partial charge in [0.25, 0.3) is 0 Å². The van der Waals surface area contributed by atoms with E-state index in [0.29, 0.717) is 5.25 Å². The van der Waals surface area contributed by atoms with Crippen LogP contribution in [-0.2, 0) is 0 Å². The van der Waals surface area contributed by atoms with Gasteiger partial charge in [0.1, 0.15) is 6.33 Å². The lowest BCUT2D eigenvalue weighted by Gasteiger charge is -2.31. The van der Waals surface area contributed by atoms with Crippen LogP contribution in [0.25, 0.3) is 0 Å². The minimum Gasteiger partial charge on any atom is -0.394 e. The summed E-state index contributed by atoms with van der Waals surface area (Å²) in [6, 6.07) is 1.91. The van der Waals surface area contributed by atoms with Crippen molar-refractivity contribution in [2.75, 3.05) is 13.2 Å². The molecule has 0 bridgehead atoms. The molecular formula is C13H23N3OS. The average molecular weight is 269 g/mol. The van der Waals surface area contributed by atoms with Gasteiger partial charge in [0.2, 0.25) is 0 Å². The van der Waals surface area contributed by atoms with Crippen molar-refractivity contribution in [3.8, 4) is 0 Å². The van der Waals surface area contributed by atoms with Crippen LogP contribution in [0.4, 0.5) is 0 Å². The van der Waals surface area contributed by atoms with Crippen molar-refractivity contribution in [1.82, 2.24) is 15.3 Å². The Labute approximate surface area is 114 Å². The third-order valence-electron chi connectivity index (χ3n) is 2.77. The summed E-state index contributed by atoms with van der Waals surface area (Å²) in [4.78, 5) is 8.11. The fraction of sp³-hybridized carbons (Fsp3) is 0.692. The Bertz CT molecular complexity index is 336. The van der Waals surface area contributed by atoms with Gasteiger partial charge in [-0.1, -0.05) is 13.8 Å². The monoisotopic (exact) mass is 269 g/mol. The molecule has 1 heterocycles. The lowest BCUT2D eigenvalue weighted by atomic mass is 9.97. The van der Waals surface area contributed by atoms with E-state index in [1.54, 1.807) is 24.3 Å². The second kappa shape index (κ2) is 7.71. The third-order valence-corrected chi connectivity index (χ3v) is 3.82. The summed E-state index contributed by atoms with van der Waals surface area (Å²) < 4.78 is 0. The second-order valence-electron chi connectivity index (χ2n) is 4.83. The second-order valence-corrected chi connectivity index (χ2v) is 6.28. The van der Waals surface area contributed by atoms with Crippen LogP contribution in [0.15, 0.2) is 23.6 Å². The van der Waals surface area contributed by atoms with Crippen LogP contribution in [0.5, 0.6) is 0 Å². The van der Waals surface area contributed by atoms with Gasteiger partial charge < -0.3 is 10.4 Å². The molecule has 0 amide bonds. The maximum absolute atomic E-state index is 9.53. The quantitative estimate of drug-likeness (QED) is 0.559. The number of thioether (sulfide) groups is 1. The van der Waals surface area contributed by atoms with E-state index in [2.05, 4.69) is 36.1 Å². The van der Waals surface area contributed by atoms with Crippen molar-refractivity contribution in [1.29, 1.82) is 0 Å². The van der Waals surface area contributed by atoms with Gasteiger partial charge in [0.15, 0.2) is 0 Å². The van der Waals surface area contributed by atoms with Crippen molar-refractivity contribution < 1.29 is 5.11 Å². The van der Waals surface area contributed by atoms with Crippen molar-refractivity contribution >= 4 is 11.8 Å². The van der Waals surface area contributed by atoms with Crippen LogP contribution in [-0.4, -0.2) is 39.0 Å². The topological polar surface area (TPSA) is 58.0 Å². The van der Waals surface area contributed by atoms with Crippen LogP contribution in [0.1, 0.15) is 33.6 Å². The molecule has 0 fully saturated rings. The molecule has 0 aliphatic carbocycles. The molecule has 1 aromatic heterocycles.